The van der Waals surface area contributed by atoms with Crippen LogP contribution < -0.4 is 5.32 Å². The number of fused-ring (bicyclic) bond motifs is 1. The first-order valence-corrected chi connectivity index (χ1v) is 9.19. The number of anilines is 1. The molecule has 1 heterocycles. The SMILES string of the molecule is CCCCCCC(C(=O)CC1Cc2ccccc2N1)C(=O)OCC. The first-order valence-electron chi connectivity index (χ1n) is 9.19. The number of para-hydroxylation sites is 1. The van der Waals surface area contributed by atoms with Gasteiger partial charge in [0.05, 0.1) is 6.61 Å². The maximum absolute atomic E-state index is 12.7. The monoisotopic (exact) mass is 331 g/mol. The fourth-order valence-corrected chi connectivity index (χ4v) is 3.31. The Hall–Kier alpha value is -1.84. The van der Waals surface area contributed by atoms with Gasteiger partial charge in [-0.2, -0.15) is 0 Å². The van der Waals surface area contributed by atoms with E-state index in [-0.39, 0.29) is 17.8 Å². The summed E-state index contributed by atoms with van der Waals surface area (Å²) in [6.45, 7) is 4.26. The zero-order valence-corrected chi connectivity index (χ0v) is 14.8. The van der Waals surface area contributed by atoms with Gasteiger partial charge in [-0.1, -0.05) is 50.8 Å². The molecular formula is C20H29NO3. The topological polar surface area (TPSA) is 55.4 Å². The lowest BCUT2D eigenvalue weighted by atomic mass is 9.92. The van der Waals surface area contributed by atoms with Crippen LogP contribution in [0.3, 0.4) is 0 Å². The number of esters is 1. The molecule has 0 bridgehead atoms. The molecule has 1 aromatic carbocycles. The van der Waals surface area contributed by atoms with Crippen LogP contribution in [0.15, 0.2) is 24.3 Å². The number of benzene rings is 1. The van der Waals surface area contributed by atoms with E-state index in [2.05, 4.69) is 18.3 Å². The number of hydrogen-bond acceptors (Lipinski definition) is 4. The predicted molar refractivity (Wildman–Crippen MR) is 96.1 cm³/mol. The Morgan fingerprint density at radius 2 is 2.00 bits per heavy atom. The van der Waals surface area contributed by atoms with Gasteiger partial charge in [0.25, 0.3) is 0 Å². The van der Waals surface area contributed by atoms with Crippen LogP contribution >= 0.6 is 0 Å². The van der Waals surface area contributed by atoms with E-state index in [1.54, 1.807) is 6.92 Å². The van der Waals surface area contributed by atoms with E-state index in [9.17, 15) is 9.59 Å². The summed E-state index contributed by atoms with van der Waals surface area (Å²) < 4.78 is 5.13. The third-order valence-corrected chi connectivity index (χ3v) is 4.60. The number of rotatable bonds is 10. The van der Waals surface area contributed by atoms with Crippen LogP contribution in [0.5, 0.6) is 0 Å². The minimum Gasteiger partial charge on any atom is -0.465 e. The lowest BCUT2D eigenvalue weighted by Crippen LogP contribution is -2.31. The van der Waals surface area contributed by atoms with E-state index < -0.39 is 5.92 Å². The first-order chi connectivity index (χ1) is 11.7. The summed E-state index contributed by atoms with van der Waals surface area (Å²) in [4.78, 5) is 24.9. The summed E-state index contributed by atoms with van der Waals surface area (Å²) in [5.74, 6) is -0.947. The Morgan fingerprint density at radius 1 is 1.21 bits per heavy atom. The van der Waals surface area contributed by atoms with Crippen molar-refractivity contribution in [1.29, 1.82) is 0 Å². The van der Waals surface area contributed by atoms with Gasteiger partial charge in [-0.15, -0.1) is 0 Å². The van der Waals surface area contributed by atoms with Gasteiger partial charge in [0.15, 0.2) is 0 Å². The molecule has 132 valence electrons. The van der Waals surface area contributed by atoms with Crippen LogP contribution in [0.25, 0.3) is 0 Å². The smallest absolute Gasteiger partial charge is 0.316 e. The van der Waals surface area contributed by atoms with Gasteiger partial charge < -0.3 is 10.1 Å². The third kappa shape index (κ3) is 5.08. The van der Waals surface area contributed by atoms with E-state index in [0.29, 0.717) is 19.4 Å². The number of carbonyl (C=O) groups excluding carboxylic acids is 2. The lowest BCUT2D eigenvalue weighted by molar-refractivity contribution is -0.152. The van der Waals surface area contributed by atoms with Crippen molar-refractivity contribution in [3.05, 3.63) is 29.8 Å². The Bertz CT molecular complexity index is 531. The molecular weight excluding hydrogens is 302 g/mol. The molecule has 4 nitrogen and oxygen atoms in total. The molecule has 4 heteroatoms. The average Bonchev–Trinajstić information content (AvgIpc) is 2.97. The maximum Gasteiger partial charge on any atom is 0.316 e. The van der Waals surface area contributed by atoms with Crippen molar-refractivity contribution in [3.8, 4) is 0 Å². The van der Waals surface area contributed by atoms with Gasteiger partial charge in [-0.25, -0.2) is 0 Å². The van der Waals surface area contributed by atoms with Gasteiger partial charge in [0.1, 0.15) is 11.7 Å². The molecule has 2 unspecified atom stereocenters. The summed E-state index contributed by atoms with van der Waals surface area (Å²) in [5, 5.41) is 3.39. The number of Topliss-reactive ketones (excluding diaryl/α,β-unsaturated/α-hetero) is 1. The minimum absolute atomic E-state index is 0.00949. The van der Waals surface area contributed by atoms with Gasteiger partial charge in [-0.05, 0) is 31.4 Å². The molecule has 0 aromatic heterocycles. The second kappa shape index (κ2) is 9.45. The molecule has 2 rings (SSSR count). The van der Waals surface area contributed by atoms with Crippen LogP contribution in [0.4, 0.5) is 5.69 Å². The molecule has 0 fully saturated rings. The second-order valence-electron chi connectivity index (χ2n) is 6.53. The molecule has 24 heavy (non-hydrogen) atoms. The van der Waals surface area contributed by atoms with Crippen molar-refractivity contribution in [2.75, 3.05) is 11.9 Å². The van der Waals surface area contributed by atoms with Crippen molar-refractivity contribution in [3.63, 3.8) is 0 Å². The quantitative estimate of drug-likeness (QED) is 0.398. The Labute approximate surface area is 145 Å². The first kappa shape index (κ1) is 18.5. The Balaban J connectivity index is 1.91. The van der Waals surface area contributed by atoms with Crippen LogP contribution in [-0.4, -0.2) is 24.4 Å². The Kier molecular flexibility index (Phi) is 7.29. The normalized spacial score (nSPS) is 17.0. The Morgan fingerprint density at radius 3 is 2.71 bits per heavy atom. The van der Waals surface area contributed by atoms with E-state index in [4.69, 9.17) is 4.74 Å². The van der Waals surface area contributed by atoms with Gasteiger partial charge >= 0.3 is 5.97 Å². The number of ketones is 1. The fourth-order valence-electron chi connectivity index (χ4n) is 3.31. The van der Waals surface area contributed by atoms with E-state index in [0.717, 1.165) is 37.8 Å². The van der Waals surface area contributed by atoms with E-state index in [1.165, 1.54) is 5.56 Å². The van der Waals surface area contributed by atoms with Gasteiger partial charge in [-0.3, -0.25) is 9.59 Å². The number of ether oxygens (including phenoxy) is 1. The van der Waals surface area contributed by atoms with Crippen molar-refractivity contribution in [2.24, 2.45) is 5.92 Å². The van der Waals surface area contributed by atoms with Gasteiger partial charge in [0.2, 0.25) is 0 Å². The van der Waals surface area contributed by atoms with Gasteiger partial charge in [0, 0.05) is 18.2 Å². The summed E-state index contributed by atoms with van der Waals surface area (Å²) in [6.07, 6.45) is 6.08. The van der Waals surface area contributed by atoms with Crippen LogP contribution in [0.1, 0.15) is 57.9 Å². The largest absolute Gasteiger partial charge is 0.465 e. The zero-order valence-electron chi connectivity index (χ0n) is 14.8. The highest BCUT2D eigenvalue weighted by Gasteiger charge is 2.31. The standard InChI is InChI=1S/C20H29NO3/c1-3-5-6-7-11-17(20(23)24-4-2)19(22)14-16-13-15-10-8-9-12-18(15)21-16/h8-10,12,16-17,21H,3-7,11,13-14H2,1-2H3. The molecule has 1 aromatic rings. The van der Waals surface area contributed by atoms with E-state index in [1.807, 2.05) is 18.2 Å². The summed E-state index contributed by atoms with van der Waals surface area (Å²) in [6, 6.07) is 8.21. The number of hydrogen-bond donors (Lipinski definition) is 1. The summed E-state index contributed by atoms with van der Waals surface area (Å²) >= 11 is 0. The zero-order chi connectivity index (χ0) is 17.4. The molecule has 0 aliphatic carbocycles. The highest BCUT2D eigenvalue weighted by molar-refractivity contribution is 5.99. The van der Waals surface area contributed by atoms with Crippen molar-refractivity contribution < 1.29 is 14.3 Å². The highest BCUT2D eigenvalue weighted by Crippen LogP contribution is 2.28. The number of nitrogens with one attached hydrogen (secondary N) is 1. The molecule has 1 aliphatic heterocycles. The van der Waals surface area contributed by atoms with Crippen LogP contribution in [-0.2, 0) is 20.7 Å². The average molecular weight is 331 g/mol. The third-order valence-electron chi connectivity index (χ3n) is 4.60. The molecule has 0 amide bonds. The maximum atomic E-state index is 12.7. The molecule has 1 aliphatic rings. The molecule has 0 saturated carbocycles. The molecule has 2 atom stereocenters. The predicted octanol–water partition coefficient (Wildman–Crippen LogP) is 4.13. The van der Waals surface area contributed by atoms with Crippen molar-refractivity contribution in [2.45, 2.75) is 64.8 Å². The summed E-state index contributed by atoms with van der Waals surface area (Å²) in [7, 11) is 0. The van der Waals surface area contributed by atoms with Crippen LogP contribution in [0, 0.1) is 5.92 Å². The van der Waals surface area contributed by atoms with Crippen molar-refractivity contribution >= 4 is 17.4 Å². The lowest BCUT2D eigenvalue weighted by Gasteiger charge is -2.17. The fraction of sp³-hybridized carbons (Fsp3) is 0.600. The minimum atomic E-state index is -0.604. The number of unbranched alkanes of at least 4 members (excludes halogenated alkanes) is 3. The highest BCUT2D eigenvalue weighted by atomic mass is 16.5. The molecule has 0 saturated heterocycles. The number of carbonyl (C=O) groups is 2. The molecule has 1 N–H and O–H groups in total. The summed E-state index contributed by atoms with van der Waals surface area (Å²) in [5.41, 5.74) is 2.34. The van der Waals surface area contributed by atoms with Crippen molar-refractivity contribution in [1.82, 2.24) is 0 Å². The van der Waals surface area contributed by atoms with E-state index >= 15 is 0 Å². The van der Waals surface area contributed by atoms with Crippen LogP contribution in [0.2, 0.25) is 0 Å². The molecule has 0 radical (unpaired) electrons. The second-order valence-corrected chi connectivity index (χ2v) is 6.53. The molecule has 0 spiro atoms.